The number of hydrogen-bond acceptors (Lipinski definition) is 4. The van der Waals surface area contributed by atoms with Gasteiger partial charge in [0, 0.05) is 4.47 Å². The van der Waals surface area contributed by atoms with Crippen LogP contribution in [0.5, 0.6) is 0 Å². The van der Waals surface area contributed by atoms with Gasteiger partial charge in [-0.3, -0.25) is 0 Å². The highest BCUT2D eigenvalue weighted by atomic mass is 79.9. The summed E-state index contributed by atoms with van der Waals surface area (Å²) in [6.07, 6.45) is 0. The molecule has 7 heteroatoms. The van der Waals surface area contributed by atoms with Gasteiger partial charge in [-0.25, -0.2) is 8.78 Å². The van der Waals surface area contributed by atoms with Crippen LogP contribution in [0.4, 0.5) is 8.78 Å². The van der Waals surface area contributed by atoms with Crippen LogP contribution >= 0.6 is 15.9 Å². The molecule has 0 aliphatic carbocycles. The molecule has 0 atom stereocenters. The lowest BCUT2D eigenvalue weighted by atomic mass is 10.2. The molecule has 1 aromatic heterocycles. The zero-order valence-electron chi connectivity index (χ0n) is 7.88. The van der Waals surface area contributed by atoms with E-state index in [9.17, 15) is 8.78 Å². The molecule has 0 spiro atoms. The van der Waals surface area contributed by atoms with Crippen molar-refractivity contribution >= 4 is 15.9 Å². The molecule has 2 aromatic rings. The fourth-order valence-corrected chi connectivity index (χ4v) is 1.59. The first-order valence-electron chi connectivity index (χ1n) is 4.29. The first kappa shape index (κ1) is 11.2. The van der Waals surface area contributed by atoms with Gasteiger partial charge >= 0.3 is 0 Å². The molecule has 0 radical (unpaired) electrons. The first-order chi connectivity index (χ1) is 7.61. The number of benzene rings is 1. The van der Waals surface area contributed by atoms with Gasteiger partial charge < -0.3 is 10.2 Å². The molecule has 0 bridgehead atoms. The lowest BCUT2D eigenvalue weighted by molar-refractivity contribution is 0.497. The number of rotatable bonds is 2. The Labute approximate surface area is 97.6 Å². The maximum absolute atomic E-state index is 13.5. The number of nitrogens with two attached hydrogens (primary N) is 1. The van der Waals surface area contributed by atoms with Crippen LogP contribution in [0.3, 0.4) is 0 Å². The van der Waals surface area contributed by atoms with E-state index in [2.05, 4.69) is 26.1 Å². The Kier molecular flexibility index (Phi) is 2.97. The predicted octanol–water partition coefficient (Wildman–Crippen LogP) is 2.24. The van der Waals surface area contributed by atoms with Crippen molar-refractivity contribution in [2.45, 2.75) is 6.54 Å². The van der Waals surface area contributed by atoms with Crippen molar-refractivity contribution < 1.29 is 13.2 Å². The Morgan fingerprint density at radius 2 is 1.88 bits per heavy atom. The second-order valence-corrected chi connectivity index (χ2v) is 3.87. The van der Waals surface area contributed by atoms with E-state index in [1.807, 2.05) is 0 Å². The van der Waals surface area contributed by atoms with Crippen molar-refractivity contribution in [1.82, 2.24) is 10.2 Å². The molecule has 2 rings (SSSR count). The van der Waals surface area contributed by atoms with Gasteiger partial charge in [-0.2, -0.15) is 0 Å². The monoisotopic (exact) mass is 289 g/mol. The van der Waals surface area contributed by atoms with Crippen LogP contribution < -0.4 is 5.73 Å². The van der Waals surface area contributed by atoms with Gasteiger partial charge in [0.05, 0.1) is 6.54 Å². The fourth-order valence-electron chi connectivity index (χ4n) is 1.18. The van der Waals surface area contributed by atoms with Gasteiger partial charge in [-0.05, 0) is 12.1 Å². The Balaban J connectivity index is 2.55. The van der Waals surface area contributed by atoms with Gasteiger partial charge in [0.1, 0.15) is 17.2 Å². The molecule has 84 valence electrons. The second-order valence-electron chi connectivity index (χ2n) is 2.95. The van der Waals surface area contributed by atoms with Crippen LogP contribution in [0, 0.1) is 11.6 Å². The van der Waals surface area contributed by atoms with Gasteiger partial charge in [-0.15, -0.1) is 10.2 Å². The Bertz CT molecular complexity index is 506. The zero-order valence-corrected chi connectivity index (χ0v) is 9.46. The molecule has 0 saturated carbocycles. The number of halogens is 3. The number of hydrogen-bond donors (Lipinski definition) is 1. The molecule has 16 heavy (non-hydrogen) atoms. The van der Waals surface area contributed by atoms with E-state index in [-0.39, 0.29) is 23.9 Å². The van der Waals surface area contributed by atoms with Crippen LogP contribution in [0.2, 0.25) is 0 Å². The van der Waals surface area contributed by atoms with E-state index in [0.29, 0.717) is 4.47 Å². The van der Waals surface area contributed by atoms with Crippen molar-refractivity contribution in [3.8, 4) is 11.5 Å². The van der Waals surface area contributed by atoms with Crippen LogP contribution in [0.15, 0.2) is 21.0 Å². The smallest absolute Gasteiger partial charge is 0.253 e. The van der Waals surface area contributed by atoms with Gasteiger partial charge in [-0.1, -0.05) is 15.9 Å². The average Bonchev–Trinajstić information content (AvgIpc) is 2.64. The molecule has 1 aromatic carbocycles. The highest BCUT2D eigenvalue weighted by Gasteiger charge is 2.18. The molecule has 2 N–H and O–H groups in total. The minimum atomic E-state index is -0.779. The van der Waals surface area contributed by atoms with E-state index >= 15 is 0 Å². The molecule has 1 heterocycles. The quantitative estimate of drug-likeness (QED) is 0.921. The average molecular weight is 290 g/mol. The van der Waals surface area contributed by atoms with E-state index in [1.54, 1.807) is 0 Å². The molecular weight excluding hydrogens is 284 g/mol. The van der Waals surface area contributed by atoms with Crippen LogP contribution in [0.25, 0.3) is 11.5 Å². The molecule has 4 nitrogen and oxygen atoms in total. The summed E-state index contributed by atoms with van der Waals surface area (Å²) in [5.74, 6) is -1.65. The summed E-state index contributed by atoms with van der Waals surface area (Å²) in [6.45, 7) is 0.0206. The Morgan fingerprint density at radius 1 is 1.25 bits per heavy atom. The second kappa shape index (κ2) is 4.26. The van der Waals surface area contributed by atoms with Crippen molar-refractivity contribution in [2.24, 2.45) is 5.73 Å². The summed E-state index contributed by atoms with van der Waals surface area (Å²) < 4.78 is 32.2. The van der Waals surface area contributed by atoms with Crippen LogP contribution in [0.1, 0.15) is 5.89 Å². The maximum Gasteiger partial charge on any atom is 0.253 e. The minimum absolute atomic E-state index is 0.0206. The summed E-state index contributed by atoms with van der Waals surface area (Å²) in [7, 11) is 0. The summed E-state index contributed by atoms with van der Waals surface area (Å²) in [5.41, 5.74) is 4.90. The largest absolute Gasteiger partial charge is 0.419 e. The minimum Gasteiger partial charge on any atom is -0.419 e. The summed E-state index contributed by atoms with van der Waals surface area (Å²) in [4.78, 5) is 0. The Morgan fingerprint density at radius 3 is 2.38 bits per heavy atom. The lowest BCUT2D eigenvalue weighted by Crippen LogP contribution is -1.95. The summed E-state index contributed by atoms with van der Waals surface area (Å²) >= 11 is 2.97. The standard InChI is InChI=1S/C9H6BrF2N3O/c10-4-1-5(11)8(6(12)2-4)9-15-14-7(3-13)16-9/h1-2H,3,13H2. The number of nitrogens with zero attached hydrogens (tertiary/aromatic N) is 2. The zero-order chi connectivity index (χ0) is 11.7. The highest BCUT2D eigenvalue weighted by molar-refractivity contribution is 9.10. The van der Waals surface area contributed by atoms with Gasteiger partial charge in [0.15, 0.2) is 0 Å². The molecule has 0 unspecified atom stereocenters. The van der Waals surface area contributed by atoms with Gasteiger partial charge in [0.2, 0.25) is 5.89 Å². The lowest BCUT2D eigenvalue weighted by Gasteiger charge is -2.00. The summed E-state index contributed by atoms with van der Waals surface area (Å²) in [6, 6.07) is 2.23. The van der Waals surface area contributed by atoms with Gasteiger partial charge in [0.25, 0.3) is 5.89 Å². The van der Waals surface area contributed by atoms with Crippen molar-refractivity contribution in [1.29, 1.82) is 0 Å². The van der Waals surface area contributed by atoms with E-state index in [4.69, 9.17) is 10.2 Å². The third kappa shape index (κ3) is 1.96. The van der Waals surface area contributed by atoms with Crippen LogP contribution in [-0.4, -0.2) is 10.2 Å². The van der Waals surface area contributed by atoms with E-state index in [0.717, 1.165) is 12.1 Å². The number of aromatic nitrogens is 2. The predicted molar refractivity (Wildman–Crippen MR) is 55.2 cm³/mol. The fraction of sp³-hybridized carbons (Fsp3) is 0.111. The van der Waals surface area contributed by atoms with Crippen LogP contribution in [-0.2, 0) is 6.54 Å². The maximum atomic E-state index is 13.5. The van der Waals surface area contributed by atoms with Crippen molar-refractivity contribution in [3.05, 3.63) is 34.1 Å². The molecule has 0 aliphatic heterocycles. The van der Waals surface area contributed by atoms with E-state index in [1.165, 1.54) is 0 Å². The summed E-state index contributed by atoms with van der Waals surface area (Å²) in [5, 5.41) is 7.05. The SMILES string of the molecule is NCc1nnc(-c2c(F)cc(Br)cc2F)o1. The molecule has 0 fully saturated rings. The molecule has 0 amide bonds. The molecule has 0 saturated heterocycles. The third-order valence-electron chi connectivity index (χ3n) is 1.86. The molecule has 0 aliphatic rings. The molecular formula is C9H6BrF2N3O. The first-order valence-corrected chi connectivity index (χ1v) is 5.08. The third-order valence-corrected chi connectivity index (χ3v) is 2.32. The topological polar surface area (TPSA) is 64.9 Å². The Hall–Kier alpha value is -1.34. The van der Waals surface area contributed by atoms with Crippen molar-refractivity contribution in [2.75, 3.05) is 0 Å². The normalized spacial score (nSPS) is 10.8. The highest BCUT2D eigenvalue weighted by Crippen LogP contribution is 2.27. The van der Waals surface area contributed by atoms with E-state index < -0.39 is 11.6 Å². The van der Waals surface area contributed by atoms with Crippen molar-refractivity contribution in [3.63, 3.8) is 0 Å².